The fourth-order valence-electron chi connectivity index (χ4n) is 5.38. The number of fused-ring (bicyclic) bond motifs is 1. The van der Waals surface area contributed by atoms with Crippen LogP contribution in [0, 0.1) is 5.92 Å². The molecular formula is C33H31F3N4O5S. The van der Waals surface area contributed by atoms with E-state index in [4.69, 9.17) is 10.5 Å². The zero-order chi connectivity index (χ0) is 32.8. The summed E-state index contributed by atoms with van der Waals surface area (Å²) in [7, 11) is 0. The number of hydrogen-bond acceptors (Lipinski definition) is 8. The van der Waals surface area contributed by atoms with E-state index < -0.39 is 41.9 Å². The zero-order valence-electron chi connectivity index (χ0n) is 24.5. The van der Waals surface area contributed by atoms with Crippen molar-refractivity contribution in [3.8, 4) is 0 Å². The number of nitrogens with two attached hydrogens (primary N) is 1. The van der Waals surface area contributed by atoms with Gasteiger partial charge in [0.15, 0.2) is 11.1 Å². The number of alkyl halides is 3. The second kappa shape index (κ2) is 14.2. The Morgan fingerprint density at radius 1 is 0.957 bits per heavy atom. The number of carbonyl (C=O) groups is 4. The van der Waals surface area contributed by atoms with Crippen molar-refractivity contribution in [2.45, 2.75) is 57.0 Å². The number of aromatic nitrogens is 1. The molecule has 1 heterocycles. The molecule has 1 aliphatic carbocycles. The first kappa shape index (κ1) is 32.8. The van der Waals surface area contributed by atoms with Crippen LogP contribution in [0.4, 0.5) is 18.9 Å². The first-order chi connectivity index (χ1) is 22.0. The number of rotatable bonds is 10. The van der Waals surface area contributed by atoms with E-state index in [0.29, 0.717) is 52.7 Å². The van der Waals surface area contributed by atoms with Crippen LogP contribution >= 0.6 is 11.3 Å². The van der Waals surface area contributed by atoms with E-state index in [2.05, 4.69) is 15.6 Å². The summed E-state index contributed by atoms with van der Waals surface area (Å²) in [5.41, 5.74) is 8.23. The molecule has 13 heteroatoms. The molecule has 9 nitrogen and oxygen atoms in total. The predicted octanol–water partition coefficient (Wildman–Crippen LogP) is 6.10. The van der Waals surface area contributed by atoms with Crippen LogP contribution in [-0.2, 0) is 20.9 Å². The minimum Gasteiger partial charge on any atom is -0.445 e. The van der Waals surface area contributed by atoms with Crippen LogP contribution in [0.15, 0.2) is 72.8 Å². The van der Waals surface area contributed by atoms with Crippen molar-refractivity contribution in [1.29, 1.82) is 0 Å². The first-order valence-corrected chi connectivity index (χ1v) is 15.5. The van der Waals surface area contributed by atoms with Crippen molar-refractivity contribution in [1.82, 2.24) is 10.3 Å². The van der Waals surface area contributed by atoms with E-state index in [-0.39, 0.29) is 17.5 Å². The number of esters is 1. The highest BCUT2D eigenvalue weighted by molar-refractivity contribution is 7.20. The van der Waals surface area contributed by atoms with Crippen molar-refractivity contribution >= 4 is 50.8 Å². The highest BCUT2D eigenvalue weighted by atomic mass is 32.1. The summed E-state index contributed by atoms with van der Waals surface area (Å²) in [5.74, 6) is -5.03. The van der Waals surface area contributed by atoms with Crippen LogP contribution in [0.2, 0.25) is 0 Å². The van der Waals surface area contributed by atoms with Gasteiger partial charge in [0.05, 0.1) is 10.2 Å². The number of nitrogens with zero attached hydrogens (tertiary/aromatic N) is 1. The quantitative estimate of drug-likeness (QED) is 0.139. The number of carbonyl (C=O) groups excluding carboxylic acids is 4. The fraction of sp³-hybridized carbons (Fsp3) is 0.303. The van der Waals surface area contributed by atoms with Gasteiger partial charge in [-0.25, -0.2) is 9.78 Å². The van der Waals surface area contributed by atoms with Gasteiger partial charge in [0.25, 0.3) is 11.8 Å². The number of Topliss-reactive ketones (excluding diaryl/α,β-unsaturated/α-hetero) is 1. The molecule has 1 aromatic heterocycles. The van der Waals surface area contributed by atoms with Gasteiger partial charge in [-0.15, -0.1) is 11.3 Å². The third-order valence-corrected chi connectivity index (χ3v) is 8.83. The van der Waals surface area contributed by atoms with Gasteiger partial charge in [-0.2, -0.15) is 13.2 Å². The second-order valence-corrected chi connectivity index (χ2v) is 12.0. The summed E-state index contributed by atoms with van der Waals surface area (Å²) in [6.45, 7) is 0.226. The number of thiazole rings is 1. The van der Waals surface area contributed by atoms with Crippen LogP contribution < -0.4 is 16.4 Å². The second-order valence-electron chi connectivity index (χ2n) is 11.0. The first-order valence-electron chi connectivity index (χ1n) is 14.7. The molecule has 240 valence electrons. The molecular weight excluding hydrogens is 621 g/mol. The lowest BCUT2D eigenvalue weighted by molar-refractivity contribution is -0.208. The molecule has 1 aliphatic rings. The smallest absolute Gasteiger partial charge is 0.445 e. The lowest BCUT2D eigenvalue weighted by Crippen LogP contribution is -2.47. The number of benzene rings is 3. The molecule has 0 aliphatic heterocycles. The summed E-state index contributed by atoms with van der Waals surface area (Å²) < 4.78 is 44.9. The van der Waals surface area contributed by atoms with Gasteiger partial charge < -0.3 is 21.1 Å². The summed E-state index contributed by atoms with van der Waals surface area (Å²) in [6.07, 6.45) is -4.05. The Kier molecular flexibility index (Phi) is 10.1. The Morgan fingerprint density at radius 2 is 1.65 bits per heavy atom. The third kappa shape index (κ3) is 7.77. The highest BCUT2D eigenvalue weighted by Gasteiger charge is 2.45. The van der Waals surface area contributed by atoms with Gasteiger partial charge in [0.1, 0.15) is 6.04 Å². The lowest BCUT2D eigenvalue weighted by Gasteiger charge is -2.30. The number of nitrogens with one attached hydrogen (secondary N) is 2. The molecule has 0 spiro atoms. The maximum atomic E-state index is 14.0. The summed E-state index contributed by atoms with van der Waals surface area (Å²) in [6, 6.07) is 18.8. The Labute approximate surface area is 266 Å². The molecule has 4 aromatic rings. The van der Waals surface area contributed by atoms with Gasteiger partial charge in [-0.1, -0.05) is 61.7 Å². The standard InChI is InChI=1S/C33H31F3N4O5S/c34-33(35,36)32(44)45-28(21-7-3-1-4-8-21)30(43)40-26(20-13-11-19(18-37)12-14-20)27(41)31-39-24-16-15-23(17-25(24)46-31)38-29(42)22-9-5-2-6-10-22/h2,5-6,9-17,21,26,28H,1,3-4,7-8,18,37H2,(H,38,42)(H,40,43). The van der Waals surface area contributed by atoms with Gasteiger partial charge in [0.2, 0.25) is 5.78 Å². The van der Waals surface area contributed by atoms with Crippen molar-refractivity contribution in [3.05, 3.63) is 94.5 Å². The molecule has 1 fully saturated rings. The monoisotopic (exact) mass is 652 g/mol. The maximum Gasteiger partial charge on any atom is 0.490 e. The van der Waals surface area contributed by atoms with Crippen molar-refractivity contribution in [3.63, 3.8) is 0 Å². The number of hydrogen-bond donors (Lipinski definition) is 3. The number of ether oxygens (including phenoxy) is 1. The van der Waals surface area contributed by atoms with E-state index in [1.54, 1.807) is 72.8 Å². The van der Waals surface area contributed by atoms with Crippen LogP contribution in [0.1, 0.15) is 69.4 Å². The van der Waals surface area contributed by atoms with Crippen LogP contribution in [0.25, 0.3) is 10.2 Å². The zero-order valence-corrected chi connectivity index (χ0v) is 25.3. The third-order valence-electron chi connectivity index (χ3n) is 7.79. The van der Waals surface area contributed by atoms with E-state index in [9.17, 15) is 32.3 Å². The number of anilines is 1. The van der Waals surface area contributed by atoms with Gasteiger partial charge in [-0.05, 0) is 54.3 Å². The summed E-state index contributed by atoms with van der Waals surface area (Å²) in [4.78, 5) is 56.5. The number of amides is 2. The minimum absolute atomic E-state index is 0.0243. The average molecular weight is 653 g/mol. The molecule has 0 radical (unpaired) electrons. The van der Waals surface area contributed by atoms with Crippen molar-refractivity contribution < 1.29 is 37.1 Å². The summed E-state index contributed by atoms with van der Waals surface area (Å²) >= 11 is 1.03. The molecule has 3 aromatic carbocycles. The Morgan fingerprint density at radius 3 is 2.30 bits per heavy atom. The van der Waals surface area contributed by atoms with E-state index in [1.807, 2.05) is 0 Å². The molecule has 46 heavy (non-hydrogen) atoms. The summed E-state index contributed by atoms with van der Waals surface area (Å²) in [5, 5.41) is 5.40. The fourth-order valence-corrected chi connectivity index (χ4v) is 6.35. The average Bonchev–Trinajstić information content (AvgIpc) is 3.49. The lowest BCUT2D eigenvalue weighted by atomic mass is 9.84. The van der Waals surface area contributed by atoms with Crippen molar-refractivity contribution in [2.24, 2.45) is 11.7 Å². The molecule has 1 saturated carbocycles. The van der Waals surface area contributed by atoms with E-state index in [0.717, 1.165) is 23.3 Å². The number of halogens is 3. The molecule has 2 unspecified atom stereocenters. The minimum atomic E-state index is -5.29. The van der Waals surface area contributed by atoms with E-state index >= 15 is 0 Å². The Hall–Kier alpha value is -4.62. The molecule has 0 saturated heterocycles. The van der Waals surface area contributed by atoms with Gasteiger partial charge >= 0.3 is 12.1 Å². The van der Waals surface area contributed by atoms with Gasteiger partial charge in [-0.3, -0.25) is 14.4 Å². The molecule has 2 atom stereocenters. The molecule has 5 rings (SSSR count). The topological polar surface area (TPSA) is 140 Å². The van der Waals surface area contributed by atoms with Gasteiger partial charge in [0, 0.05) is 23.7 Å². The SMILES string of the molecule is NCc1ccc(C(NC(=O)C(OC(=O)C(F)(F)F)C2CCCCC2)C(=O)c2nc3ccc(NC(=O)c4ccccc4)cc3s2)cc1. The molecule has 2 amide bonds. The normalized spacial score (nSPS) is 15.1. The van der Waals surface area contributed by atoms with Crippen LogP contribution in [-0.4, -0.2) is 40.8 Å². The Balaban J connectivity index is 1.43. The van der Waals surface area contributed by atoms with Crippen molar-refractivity contribution in [2.75, 3.05) is 5.32 Å². The largest absolute Gasteiger partial charge is 0.490 e. The van der Waals surface area contributed by atoms with Crippen LogP contribution in [0.5, 0.6) is 0 Å². The maximum absolute atomic E-state index is 14.0. The van der Waals surface area contributed by atoms with Crippen LogP contribution in [0.3, 0.4) is 0 Å². The Bertz CT molecular complexity index is 1720. The molecule has 0 bridgehead atoms. The number of ketones is 1. The molecule has 4 N–H and O–H groups in total. The predicted molar refractivity (Wildman–Crippen MR) is 166 cm³/mol. The van der Waals surface area contributed by atoms with E-state index in [1.165, 1.54) is 0 Å². The highest BCUT2D eigenvalue weighted by Crippen LogP contribution is 2.32.